The molecule has 3 heteroatoms. The predicted octanol–water partition coefficient (Wildman–Crippen LogP) is 15.2. The van der Waals surface area contributed by atoms with Gasteiger partial charge in [-0.25, -0.2) is 0 Å². The molecule has 0 aliphatic heterocycles. The molecule has 0 amide bonds. The summed E-state index contributed by atoms with van der Waals surface area (Å²) in [4.78, 5) is 31.6. The predicted molar refractivity (Wildman–Crippen MR) is 247 cm³/mol. The Morgan fingerprint density at radius 3 is 0.932 bits per heavy atom. The average molecular weight is 801 g/mol. The van der Waals surface area contributed by atoms with E-state index in [4.69, 9.17) is 0 Å². The molecule has 4 saturated carbocycles. The van der Waals surface area contributed by atoms with Crippen LogP contribution in [0.4, 0.5) is 0 Å². The molecule has 0 N–H and O–H groups in total. The minimum atomic E-state index is 0.335. The smallest absolute Gasteiger partial charge is 0.185 e. The van der Waals surface area contributed by atoms with Crippen LogP contribution in [-0.4, -0.2) is 11.6 Å². The topological polar surface area (TPSA) is 34.1 Å². The Hall–Kier alpha value is -4.08. The Morgan fingerprint density at radius 1 is 0.390 bits per heavy atom. The highest BCUT2D eigenvalue weighted by Crippen LogP contribution is 2.46. The summed E-state index contributed by atoms with van der Waals surface area (Å²) in [5, 5.41) is 0. The van der Waals surface area contributed by atoms with Crippen molar-refractivity contribution in [2.75, 3.05) is 0 Å². The second-order valence-corrected chi connectivity index (χ2v) is 20.0. The zero-order chi connectivity index (χ0) is 40.3. The first-order chi connectivity index (χ1) is 28.9. The number of thiophene rings is 1. The van der Waals surface area contributed by atoms with Gasteiger partial charge in [0.05, 0.1) is 0 Å². The van der Waals surface area contributed by atoms with Gasteiger partial charge in [-0.1, -0.05) is 137 Å². The van der Waals surface area contributed by atoms with Gasteiger partial charge < -0.3 is 0 Å². The van der Waals surface area contributed by atoms with Crippen molar-refractivity contribution in [1.29, 1.82) is 0 Å². The lowest BCUT2D eigenvalue weighted by Crippen LogP contribution is -2.25. The van der Waals surface area contributed by atoms with Gasteiger partial charge in [-0.2, -0.15) is 0 Å². The summed E-state index contributed by atoms with van der Waals surface area (Å²) < 4.78 is 0. The van der Waals surface area contributed by atoms with Crippen molar-refractivity contribution >= 4 is 34.0 Å². The van der Waals surface area contributed by atoms with E-state index in [9.17, 15) is 9.59 Å². The fraction of sp³-hybridized carbons (Fsp3) is 0.464. The van der Waals surface area contributed by atoms with Gasteiger partial charge in [0.25, 0.3) is 0 Å². The number of carbonyl (C=O) groups excluding carboxylic acids is 2. The summed E-state index contributed by atoms with van der Waals surface area (Å²) in [6, 6.07) is 22.8. The van der Waals surface area contributed by atoms with Crippen LogP contribution in [-0.2, 0) is 9.59 Å². The van der Waals surface area contributed by atoms with Crippen molar-refractivity contribution in [3.8, 4) is 0 Å². The fourth-order valence-corrected chi connectivity index (χ4v) is 12.6. The second kappa shape index (κ2) is 18.3. The lowest BCUT2D eigenvalue weighted by atomic mass is 9.72. The standard InChI is InChI=1S/C56H64O2S/c1-37-23-27-43(28-24-37)53(45-33-47(39-15-7-3-8-16-39)55(57)48(34-45)40-17-9-4-10-18-40)51-31-32-52(59-51)54(44-29-25-38(2)26-30-44)46-35-49(41-19-11-5-12-20-41)56(58)50(36-46)42-21-13-6-14-22-42/h23-36,39-42H,3-22H2,1-2H3. The molecule has 1 aromatic heterocycles. The van der Waals surface area contributed by atoms with Gasteiger partial charge in [0.2, 0.25) is 0 Å². The number of allylic oxidation sites excluding steroid dienone is 10. The van der Waals surface area contributed by atoms with Gasteiger partial charge in [0.1, 0.15) is 0 Å². The van der Waals surface area contributed by atoms with Crippen LogP contribution in [0.3, 0.4) is 0 Å². The van der Waals surface area contributed by atoms with Crippen LogP contribution in [0.25, 0.3) is 11.1 Å². The molecule has 306 valence electrons. The number of hydrogen-bond donors (Lipinski definition) is 0. The molecule has 4 fully saturated rings. The van der Waals surface area contributed by atoms with Crippen molar-refractivity contribution in [3.05, 3.63) is 150 Å². The molecule has 0 unspecified atom stereocenters. The SMILES string of the molecule is Cc1ccc(C(=C2C=C(C3CCCCC3)C(=O)C(C3CCCCC3)=C2)c2ccc(C(=C3C=C(C4CCCCC4)C(=O)C(C4CCCCC4)=C3)c3ccc(C)cc3)s2)cc1. The minimum Gasteiger partial charge on any atom is -0.289 e. The third kappa shape index (κ3) is 8.75. The highest BCUT2D eigenvalue weighted by molar-refractivity contribution is 7.14. The highest BCUT2D eigenvalue weighted by Gasteiger charge is 2.35. The molecule has 1 heterocycles. The number of Topliss-reactive ketones (excluding diaryl/α,β-unsaturated/α-hetero) is 2. The first-order valence-electron chi connectivity index (χ1n) is 23.6. The minimum absolute atomic E-state index is 0.335. The van der Waals surface area contributed by atoms with E-state index < -0.39 is 0 Å². The zero-order valence-electron chi connectivity index (χ0n) is 35.8. The maximum atomic E-state index is 14.6. The van der Waals surface area contributed by atoms with E-state index >= 15 is 0 Å². The van der Waals surface area contributed by atoms with E-state index in [1.807, 2.05) is 11.3 Å². The fourth-order valence-electron chi connectivity index (χ4n) is 11.5. The molecule has 59 heavy (non-hydrogen) atoms. The van der Waals surface area contributed by atoms with Crippen molar-refractivity contribution in [1.82, 2.24) is 0 Å². The number of rotatable bonds is 8. The van der Waals surface area contributed by atoms with Crippen LogP contribution in [0, 0.1) is 37.5 Å². The number of ketones is 2. The molecule has 2 aromatic carbocycles. The molecule has 0 spiro atoms. The van der Waals surface area contributed by atoms with Gasteiger partial charge in [-0.3, -0.25) is 9.59 Å². The summed E-state index contributed by atoms with van der Waals surface area (Å²) in [5.74, 6) is 2.06. The molecular formula is C56H64O2S. The molecule has 2 nitrogen and oxygen atoms in total. The summed E-state index contributed by atoms with van der Waals surface area (Å²) in [6.45, 7) is 4.33. The van der Waals surface area contributed by atoms with Crippen LogP contribution < -0.4 is 0 Å². The van der Waals surface area contributed by atoms with Gasteiger partial charge in [0, 0.05) is 43.2 Å². The van der Waals surface area contributed by atoms with Crippen LogP contribution in [0.5, 0.6) is 0 Å². The Morgan fingerprint density at radius 2 is 0.661 bits per heavy atom. The Kier molecular flexibility index (Phi) is 12.5. The van der Waals surface area contributed by atoms with Crippen molar-refractivity contribution in [3.63, 3.8) is 0 Å². The summed E-state index contributed by atoms with van der Waals surface area (Å²) in [5.41, 5.74) is 14.1. The lowest BCUT2D eigenvalue weighted by molar-refractivity contribution is -0.114. The van der Waals surface area contributed by atoms with Gasteiger partial charge in [0.15, 0.2) is 11.6 Å². The lowest BCUT2D eigenvalue weighted by Gasteiger charge is -2.31. The van der Waals surface area contributed by atoms with Crippen LogP contribution in [0.2, 0.25) is 0 Å². The van der Waals surface area contributed by atoms with Crippen molar-refractivity contribution in [2.24, 2.45) is 23.7 Å². The maximum absolute atomic E-state index is 14.6. The van der Waals surface area contributed by atoms with E-state index in [-0.39, 0.29) is 0 Å². The third-order valence-corrected chi connectivity index (χ3v) is 15.9. The van der Waals surface area contributed by atoms with E-state index in [2.05, 4.69) is 98.8 Å². The maximum Gasteiger partial charge on any atom is 0.185 e. The number of carbonyl (C=O) groups is 2. The Balaban J connectivity index is 1.24. The first kappa shape index (κ1) is 40.3. The first-order valence-corrected chi connectivity index (χ1v) is 24.4. The Bertz CT molecular complexity index is 1980. The van der Waals surface area contributed by atoms with E-state index in [1.54, 1.807) is 0 Å². The second-order valence-electron chi connectivity index (χ2n) is 19.0. The highest BCUT2D eigenvalue weighted by atomic mass is 32.1. The molecule has 9 rings (SSSR count). The zero-order valence-corrected chi connectivity index (χ0v) is 36.6. The van der Waals surface area contributed by atoms with E-state index in [0.29, 0.717) is 35.2 Å². The van der Waals surface area contributed by atoms with E-state index in [0.717, 1.165) is 73.7 Å². The van der Waals surface area contributed by atoms with Crippen LogP contribution in [0.15, 0.2) is 118 Å². The summed E-state index contributed by atoms with van der Waals surface area (Å²) in [7, 11) is 0. The molecular weight excluding hydrogens is 737 g/mol. The van der Waals surface area contributed by atoms with Gasteiger partial charge in [-0.05, 0) is 148 Å². The van der Waals surface area contributed by atoms with Crippen molar-refractivity contribution < 1.29 is 9.59 Å². The van der Waals surface area contributed by atoms with Gasteiger partial charge >= 0.3 is 0 Å². The largest absolute Gasteiger partial charge is 0.289 e. The molecule has 6 aliphatic carbocycles. The third-order valence-electron chi connectivity index (χ3n) is 14.8. The van der Waals surface area contributed by atoms with E-state index in [1.165, 1.54) is 131 Å². The number of aryl methyl sites for hydroxylation is 2. The van der Waals surface area contributed by atoms with Crippen LogP contribution >= 0.6 is 11.3 Å². The Labute approximate surface area is 358 Å². The summed E-state index contributed by atoms with van der Waals surface area (Å²) in [6.07, 6.45) is 33.1. The molecule has 0 atom stereocenters. The summed E-state index contributed by atoms with van der Waals surface area (Å²) >= 11 is 1.88. The molecule has 0 radical (unpaired) electrons. The average Bonchev–Trinajstić information content (AvgIpc) is 3.76. The number of hydrogen-bond acceptors (Lipinski definition) is 3. The normalized spacial score (nSPS) is 21.9. The number of benzene rings is 2. The van der Waals surface area contributed by atoms with Crippen molar-refractivity contribution in [2.45, 2.75) is 142 Å². The molecule has 0 saturated heterocycles. The van der Waals surface area contributed by atoms with Crippen LogP contribution in [0.1, 0.15) is 160 Å². The van der Waals surface area contributed by atoms with Gasteiger partial charge in [-0.15, -0.1) is 11.3 Å². The molecule has 3 aromatic rings. The molecule has 6 aliphatic rings. The quantitative estimate of drug-likeness (QED) is 0.227. The monoisotopic (exact) mass is 800 g/mol. The molecule has 0 bridgehead atoms.